The average molecular weight is 347 g/mol. The molecule has 0 radical (unpaired) electrons. The summed E-state index contributed by atoms with van der Waals surface area (Å²) < 4.78 is 5.71. The van der Waals surface area contributed by atoms with Gasteiger partial charge in [0.05, 0.1) is 6.54 Å². The fourth-order valence-electron chi connectivity index (χ4n) is 2.56. The van der Waals surface area contributed by atoms with E-state index in [1.54, 1.807) is 24.3 Å². The van der Waals surface area contributed by atoms with Crippen LogP contribution in [0, 0.1) is 0 Å². The van der Waals surface area contributed by atoms with Crippen molar-refractivity contribution in [2.45, 2.75) is 13.0 Å². The minimum absolute atomic E-state index is 0.245. The molecule has 3 rings (SSSR count). The molecule has 4 heteroatoms. The van der Waals surface area contributed by atoms with Gasteiger partial charge in [0.2, 0.25) is 0 Å². The number of ether oxygens (including phenoxy) is 1. The highest BCUT2D eigenvalue weighted by Crippen LogP contribution is 2.15. The van der Waals surface area contributed by atoms with E-state index < -0.39 is 5.91 Å². The van der Waals surface area contributed by atoms with Crippen molar-refractivity contribution in [2.24, 2.45) is 0 Å². The van der Waals surface area contributed by atoms with Gasteiger partial charge in [0.15, 0.2) is 0 Å². The highest BCUT2D eigenvalue weighted by molar-refractivity contribution is 5.93. The molecule has 0 atom stereocenters. The highest BCUT2D eigenvalue weighted by atomic mass is 16.5. The summed E-state index contributed by atoms with van der Waals surface area (Å²) in [5, 5.41) is 10.8. The molecule has 0 aliphatic rings. The number of carbonyl (C=O) groups excluding carboxylic acids is 1. The number of amides is 1. The molecule has 0 saturated heterocycles. The zero-order valence-electron chi connectivity index (χ0n) is 14.4. The van der Waals surface area contributed by atoms with Crippen LogP contribution in [0.3, 0.4) is 0 Å². The summed E-state index contributed by atoms with van der Waals surface area (Å²) in [6.45, 7) is 0.715. The molecular weight excluding hydrogens is 326 g/mol. The van der Waals surface area contributed by atoms with Crippen LogP contribution in [0.1, 0.15) is 21.5 Å². The first-order valence-corrected chi connectivity index (χ1v) is 8.54. The molecule has 4 nitrogen and oxygen atoms in total. The van der Waals surface area contributed by atoms with Crippen molar-refractivity contribution in [3.63, 3.8) is 0 Å². The minimum Gasteiger partial charge on any atom is -0.489 e. The molecule has 3 aromatic carbocycles. The lowest BCUT2D eigenvalue weighted by Crippen LogP contribution is -2.29. The second kappa shape index (κ2) is 8.83. The van der Waals surface area contributed by atoms with Crippen LogP contribution in [0.4, 0.5) is 0 Å². The van der Waals surface area contributed by atoms with Crippen LogP contribution in [-0.4, -0.2) is 22.7 Å². The van der Waals surface area contributed by atoms with Gasteiger partial charge >= 0.3 is 0 Å². The Kier molecular flexibility index (Phi) is 6.01. The van der Waals surface area contributed by atoms with E-state index in [-0.39, 0.29) is 6.54 Å². The Bertz CT molecular complexity index is 817. The van der Waals surface area contributed by atoms with Crippen LogP contribution in [0.25, 0.3) is 0 Å². The second-order valence-electron chi connectivity index (χ2n) is 5.96. The fraction of sp³-hybridized carbons (Fsp3) is 0.136. The molecule has 0 aliphatic heterocycles. The molecule has 132 valence electrons. The quantitative estimate of drug-likeness (QED) is 0.511. The predicted molar refractivity (Wildman–Crippen MR) is 100 cm³/mol. The Morgan fingerprint density at radius 2 is 1.38 bits per heavy atom. The van der Waals surface area contributed by atoms with E-state index in [0.29, 0.717) is 24.3 Å². The second-order valence-corrected chi connectivity index (χ2v) is 5.96. The maximum absolute atomic E-state index is 12.3. The summed E-state index contributed by atoms with van der Waals surface area (Å²) in [6, 6.07) is 26.4. The van der Waals surface area contributed by atoms with Gasteiger partial charge in [-0.3, -0.25) is 10.0 Å². The highest BCUT2D eigenvalue weighted by Gasteiger charge is 2.13. The third kappa shape index (κ3) is 4.94. The van der Waals surface area contributed by atoms with E-state index in [0.717, 1.165) is 16.2 Å². The van der Waals surface area contributed by atoms with Crippen LogP contribution in [0.2, 0.25) is 0 Å². The Morgan fingerprint density at radius 1 is 0.808 bits per heavy atom. The van der Waals surface area contributed by atoms with E-state index in [9.17, 15) is 10.0 Å². The van der Waals surface area contributed by atoms with Gasteiger partial charge in [0, 0.05) is 5.56 Å². The molecule has 0 aromatic heterocycles. The van der Waals surface area contributed by atoms with Crippen molar-refractivity contribution in [3.8, 4) is 5.75 Å². The van der Waals surface area contributed by atoms with E-state index in [1.807, 2.05) is 60.7 Å². The number of nitrogens with zero attached hydrogens (tertiary/aromatic N) is 1. The van der Waals surface area contributed by atoms with Gasteiger partial charge in [-0.1, -0.05) is 60.7 Å². The SMILES string of the molecule is O=C(c1ccc(OCc2ccccc2)cc1)N(O)CCc1ccccc1. The number of rotatable bonds is 7. The minimum atomic E-state index is -0.421. The Hall–Kier alpha value is -3.11. The third-order valence-corrected chi connectivity index (χ3v) is 4.04. The lowest BCUT2D eigenvalue weighted by Gasteiger charge is -2.15. The first-order chi connectivity index (χ1) is 12.7. The lowest BCUT2D eigenvalue weighted by atomic mass is 10.1. The van der Waals surface area contributed by atoms with E-state index in [4.69, 9.17) is 4.74 Å². The van der Waals surface area contributed by atoms with Crippen molar-refractivity contribution >= 4 is 5.91 Å². The summed E-state index contributed by atoms with van der Waals surface area (Å²) in [5.41, 5.74) is 2.58. The Morgan fingerprint density at radius 3 is 2.00 bits per heavy atom. The predicted octanol–water partition coefficient (Wildman–Crippen LogP) is 4.34. The van der Waals surface area contributed by atoms with E-state index in [2.05, 4.69) is 0 Å². The fourth-order valence-corrected chi connectivity index (χ4v) is 2.56. The Labute approximate surface area is 153 Å². The molecule has 0 heterocycles. The first kappa shape index (κ1) is 17.7. The summed E-state index contributed by atoms with van der Waals surface area (Å²) >= 11 is 0. The van der Waals surface area contributed by atoms with Gasteiger partial charge in [0.25, 0.3) is 5.91 Å². The maximum Gasteiger partial charge on any atom is 0.277 e. The van der Waals surface area contributed by atoms with Crippen molar-refractivity contribution < 1.29 is 14.7 Å². The molecule has 0 saturated carbocycles. The van der Waals surface area contributed by atoms with E-state index in [1.165, 1.54) is 0 Å². The van der Waals surface area contributed by atoms with Crippen molar-refractivity contribution in [1.29, 1.82) is 0 Å². The largest absolute Gasteiger partial charge is 0.489 e. The molecule has 0 bridgehead atoms. The molecule has 0 spiro atoms. The van der Waals surface area contributed by atoms with Crippen LogP contribution in [-0.2, 0) is 13.0 Å². The maximum atomic E-state index is 12.3. The van der Waals surface area contributed by atoms with Crippen LogP contribution in [0.5, 0.6) is 5.75 Å². The van der Waals surface area contributed by atoms with Crippen LogP contribution >= 0.6 is 0 Å². The monoisotopic (exact) mass is 347 g/mol. The molecule has 1 amide bonds. The van der Waals surface area contributed by atoms with Crippen molar-refractivity contribution in [3.05, 3.63) is 102 Å². The smallest absolute Gasteiger partial charge is 0.277 e. The summed E-state index contributed by atoms with van der Waals surface area (Å²) in [6.07, 6.45) is 0.599. The summed E-state index contributed by atoms with van der Waals surface area (Å²) in [5.74, 6) is 0.259. The van der Waals surface area contributed by atoms with Crippen LogP contribution < -0.4 is 4.74 Å². The summed E-state index contributed by atoms with van der Waals surface area (Å²) in [4.78, 5) is 12.3. The van der Waals surface area contributed by atoms with Gasteiger partial charge in [-0.15, -0.1) is 0 Å². The molecule has 1 N–H and O–H groups in total. The number of hydrogen-bond donors (Lipinski definition) is 1. The molecule has 3 aromatic rings. The number of benzene rings is 3. The van der Waals surface area contributed by atoms with Gasteiger partial charge in [-0.2, -0.15) is 0 Å². The first-order valence-electron chi connectivity index (χ1n) is 8.54. The molecule has 0 unspecified atom stereocenters. The van der Waals surface area contributed by atoms with Gasteiger partial charge in [0.1, 0.15) is 12.4 Å². The molecular formula is C22H21NO3. The Balaban J connectivity index is 1.52. The zero-order valence-corrected chi connectivity index (χ0v) is 14.4. The topological polar surface area (TPSA) is 49.8 Å². The van der Waals surface area contributed by atoms with E-state index >= 15 is 0 Å². The lowest BCUT2D eigenvalue weighted by molar-refractivity contribution is -0.0571. The third-order valence-electron chi connectivity index (χ3n) is 4.04. The summed E-state index contributed by atoms with van der Waals surface area (Å²) in [7, 11) is 0. The average Bonchev–Trinajstić information content (AvgIpc) is 2.72. The standard InChI is InChI=1S/C22H21NO3/c24-22(23(25)16-15-18-7-3-1-4-8-18)20-11-13-21(14-12-20)26-17-19-9-5-2-6-10-19/h1-14,25H,15-17H2. The van der Waals surface area contributed by atoms with Gasteiger partial charge < -0.3 is 4.74 Å². The molecule has 26 heavy (non-hydrogen) atoms. The van der Waals surface area contributed by atoms with Gasteiger partial charge in [-0.05, 0) is 41.8 Å². The molecule has 0 aliphatic carbocycles. The number of hydrogen-bond acceptors (Lipinski definition) is 3. The normalized spacial score (nSPS) is 10.3. The molecule has 0 fully saturated rings. The van der Waals surface area contributed by atoms with Crippen molar-refractivity contribution in [1.82, 2.24) is 5.06 Å². The van der Waals surface area contributed by atoms with Crippen LogP contribution in [0.15, 0.2) is 84.9 Å². The van der Waals surface area contributed by atoms with Crippen molar-refractivity contribution in [2.75, 3.05) is 6.54 Å². The zero-order chi connectivity index (χ0) is 18.2. The number of carbonyl (C=O) groups is 1. The van der Waals surface area contributed by atoms with Gasteiger partial charge in [-0.25, -0.2) is 5.06 Å². The number of hydroxylamine groups is 2.